The number of H-pyrrole nitrogens is 1. The molecule has 1 aromatic heterocycles. The first-order chi connectivity index (χ1) is 12.6. The van der Waals surface area contributed by atoms with Crippen molar-refractivity contribution in [3.63, 3.8) is 0 Å². The molecule has 3 rings (SSSR count). The van der Waals surface area contributed by atoms with Crippen LogP contribution in [0.1, 0.15) is 24.2 Å². The summed E-state index contributed by atoms with van der Waals surface area (Å²) in [6.45, 7) is 4.03. The number of hydrogen-bond acceptors (Lipinski definition) is 5. The standard InChI is InChI=1S/C20H20N2O4/c1-3-25-20(24)17-12-22-18-15-7-5-4-6-14(15)8-9-16(18)19(17)21-10-11-26-13(2)23/h4-9,12H,3,10-11H2,1-2H3,(H,21,22)/p+1. The Hall–Kier alpha value is -3.15. The molecule has 0 unspecified atom stereocenters. The third-order valence-corrected chi connectivity index (χ3v) is 4.03. The van der Waals surface area contributed by atoms with Gasteiger partial charge in [0.05, 0.1) is 23.1 Å². The van der Waals surface area contributed by atoms with Gasteiger partial charge in [0, 0.05) is 13.5 Å². The number of aromatic nitrogens is 1. The van der Waals surface area contributed by atoms with Crippen molar-refractivity contribution in [2.45, 2.75) is 13.8 Å². The molecule has 0 saturated carbocycles. The summed E-state index contributed by atoms with van der Waals surface area (Å²) in [5.74, 6) is -0.747. The predicted molar refractivity (Wildman–Crippen MR) is 99.1 cm³/mol. The molecule has 0 bridgehead atoms. The van der Waals surface area contributed by atoms with E-state index in [4.69, 9.17) is 9.47 Å². The summed E-state index contributed by atoms with van der Waals surface area (Å²) in [5, 5.41) is 6.25. The van der Waals surface area contributed by atoms with Crippen LogP contribution in [0, 0.1) is 0 Å². The summed E-state index contributed by atoms with van der Waals surface area (Å²) >= 11 is 0. The number of ether oxygens (including phenoxy) is 2. The van der Waals surface area contributed by atoms with Crippen LogP contribution in [-0.2, 0) is 14.3 Å². The Bertz CT molecular complexity index is 969. The number of rotatable bonds is 6. The monoisotopic (exact) mass is 353 g/mol. The largest absolute Gasteiger partial charge is 0.464 e. The number of anilines is 1. The van der Waals surface area contributed by atoms with Crippen LogP contribution >= 0.6 is 0 Å². The lowest BCUT2D eigenvalue weighted by atomic mass is 10.0. The van der Waals surface area contributed by atoms with Crippen molar-refractivity contribution in [2.75, 3.05) is 25.1 Å². The fraction of sp³-hybridized carbons (Fsp3) is 0.250. The number of pyridine rings is 1. The fourth-order valence-electron chi connectivity index (χ4n) is 2.93. The minimum Gasteiger partial charge on any atom is -0.464 e. The van der Waals surface area contributed by atoms with Crippen LogP contribution in [0.5, 0.6) is 0 Å². The molecule has 6 heteroatoms. The Balaban J connectivity index is 2.07. The Morgan fingerprint density at radius 1 is 1.08 bits per heavy atom. The Morgan fingerprint density at radius 3 is 2.65 bits per heavy atom. The highest BCUT2D eigenvalue weighted by Crippen LogP contribution is 2.29. The van der Waals surface area contributed by atoms with Crippen molar-refractivity contribution in [2.24, 2.45) is 0 Å². The molecule has 0 radical (unpaired) electrons. The molecule has 6 nitrogen and oxygen atoms in total. The number of nitrogens with one attached hydrogen (secondary N) is 2. The summed E-state index contributed by atoms with van der Waals surface area (Å²) in [4.78, 5) is 26.5. The van der Waals surface area contributed by atoms with E-state index in [2.05, 4.69) is 10.3 Å². The van der Waals surface area contributed by atoms with E-state index in [1.807, 2.05) is 36.4 Å². The molecule has 0 aliphatic heterocycles. The molecule has 134 valence electrons. The van der Waals surface area contributed by atoms with Gasteiger partial charge >= 0.3 is 11.9 Å². The first-order valence-electron chi connectivity index (χ1n) is 8.52. The molecule has 0 aliphatic carbocycles. The van der Waals surface area contributed by atoms with Crippen LogP contribution in [0.25, 0.3) is 21.7 Å². The number of benzene rings is 2. The molecule has 2 aromatic carbocycles. The van der Waals surface area contributed by atoms with Gasteiger partial charge in [0.25, 0.3) is 0 Å². The van der Waals surface area contributed by atoms with Crippen LogP contribution in [0.3, 0.4) is 0 Å². The van der Waals surface area contributed by atoms with Crippen molar-refractivity contribution in [1.29, 1.82) is 0 Å². The Labute approximate surface area is 151 Å². The molecular weight excluding hydrogens is 332 g/mol. The zero-order chi connectivity index (χ0) is 18.5. The van der Waals surface area contributed by atoms with E-state index >= 15 is 0 Å². The first kappa shape index (κ1) is 17.7. The fourth-order valence-corrected chi connectivity index (χ4v) is 2.93. The van der Waals surface area contributed by atoms with Gasteiger partial charge in [0.15, 0.2) is 6.20 Å². The van der Waals surface area contributed by atoms with Gasteiger partial charge in [-0.1, -0.05) is 24.3 Å². The van der Waals surface area contributed by atoms with Gasteiger partial charge in [0.1, 0.15) is 12.2 Å². The average molecular weight is 353 g/mol. The second-order valence-electron chi connectivity index (χ2n) is 5.77. The normalized spacial score (nSPS) is 10.7. The van der Waals surface area contributed by atoms with Gasteiger partial charge in [-0.05, 0) is 24.4 Å². The number of fused-ring (bicyclic) bond motifs is 3. The van der Waals surface area contributed by atoms with E-state index in [1.165, 1.54) is 6.92 Å². The van der Waals surface area contributed by atoms with Crippen LogP contribution in [-0.4, -0.2) is 31.7 Å². The third kappa shape index (κ3) is 3.59. The summed E-state index contributed by atoms with van der Waals surface area (Å²) in [7, 11) is 0. The smallest absolute Gasteiger partial charge is 0.346 e. The predicted octanol–water partition coefficient (Wildman–Crippen LogP) is 2.96. The van der Waals surface area contributed by atoms with Crippen molar-refractivity contribution < 1.29 is 24.0 Å². The Kier molecular flexibility index (Phi) is 5.31. The lowest BCUT2D eigenvalue weighted by Gasteiger charge is -2.12. The van der Waals surface area contributed by atoms with Crippen molar-refractivity contribution in [3.8, 4) is 0 Å². The molecule has 3 aromatic rings. The molecule has 0 saturated heterocycles. The van der Waals surface area contributed by atoms with Gasteiger partial charge in [-0.15, -0.1) is 0 Å². The minimum atomic E-state index is -0.409. The lowest BCUT2D eigenvalue weighted by Crippen LogP contribution is -2.19. The van der Waals surface area contributed by atoms with E-state index in [0.29, 0.717) is 24.4 Å². The average Bonchev–Trinajstić information content (AvgIpc) is 2.64. The number of aromatic amines is 1. The van der Waals surface area contributed by atoms with E-state index in [1.54, 1.807) is 13.1 Å². The van der Waals surface area contributed by atoms with E-state index in [9.17, 15) is 9.59 Å². The van der Waals surface area contributed by atoms with Crippen molar-refractivity contribution >= 4 is 39.3 Å². The van der Waals surface area contributed by atoms with Crippen molar-refractivity contribution in [3.05, 3.63) is 48.2 Å². The summed E-state index contributed by atoms with van der Waals surface area (Å²) < 4.78 is 10.1. The molecule has 0 fully saturated rings. The number of carbonyl (C=O) groups is 2. The molecule has 26 heavy (non-hydrogen) atoms. The molecule has 0 aliphatic rings. The maximum absolute atomic E-state index is 12.3. The highest BCUT2D eigenvalue weighted by molar-refractivity contribution is 6.11. The molecule has 0 spiro atoms. The van der Waals surface area contributed by atoms with Crippen LogP contribution < -0.4 is 10.3 Å². The quantitative estimate of drug-likeness (QED) is 0.419. The first-order valence-corrected chi connectivity index (χ1v) is 8.52. The molecule has 1 heterocycles. The number of hydrogen-bond donors (Lipinski definition) is 1. The Morgan fingerprint density at radius 2 is 1.88 bits per heavy atom. The second kappa shape index (κ2) is 7.82. The SMILES string of the molecule is CCOC(=O)c1c[nH+]c2c(ccc3ccccc32)c1NCCOC(C)=O. The van der Waals surface area contributed by atoms with Gasteiger partial charge in [0.2, 0.25) is 5.52 Å². The number of esters is 2. The van der Waals surface area contributed by atoms with Gasteiger partial charge in [-0.25, -0.2) is 9.78 Å². The van der Waals surface area contributed by atoms with Gasteiger partial charge in [-0.3, -0.25) is 4.79 Å². The summed E-state index contributed by atoms with van der Waals surface area (Å²) in [6.07, 6.45) is 1.65. The van der Waals surface area contributed by atoms with E-state index < -0.39 is 5.97 Å². The summed E-state index contributed by atoms with van der Waals surface area (Å²) in [5.41, 5.74) is 2.00. The summed E-state index contributed by atoms with van der Waals surface area (Å²) in [6, 6.07) is 12.0. The molecule has 0 atom stereocenters. The molecule has 0 amide bonds. The molecular formula is C20H21N2O4+. The lowest BCUT2D eigenvalue weighted by molar-refractivity contribution is -0.343. The third-order valence-electron chi connectivity index (χ3n) is 4.03. The molecule has 2 N–H and O–H groups in total. The van der Waals surface area contributed by atoms with Crippen LogP contribution in [0.15, 0.2) is 42.6 Å². The highest BCUT2D eigenvalue weighted by atomic mass is 16.5. The van der Waals surface area contributed by atoms with Crippen LogP contribution in [0.2, 0.25) is 0 Å². The van der Waals surface area contributed by atoms with E-state index in [-0.39, 0.29) is 12.6 Å². The maximum atomic E-state index is 12.3. The zero-order valence-electron chi connectivity index (χ0n) is 14.8. The van der Waals surface area contributed by atoms with Crippen molar-refractivity contribution in [1.82, 2.24) is 0 Å². The number of carbonyl (C=O) groups excluding carboxylic acids is 2. The highest BCUT2D eigenvalue weighted by Gasteiger charge is 2.21. The topological polar surface area (TPSA) is 78.8 Å². The van der Waals surface area contributed by atoms with Gasteiger partial charge in [-0.2, -0.15) is 0 Å². The second-order valence-corrected chi connectivity index (χ2v) is 5.77. The maximum Gasteiger partial charge on any atom is 0.346 e. The van der Waals surface area contributed by atoms with Crippen LogP contribution in [0.4, 0.5) is 5.69 Å². The zero-order valence-corrected chi connectivity index (χ0v) is 14.8. The minimum absolute atomic E-state index is 0.214. The van der Waals surface area contributed by atoms with E-state index in [0.717, 1.165) is 21.7 Å². The van der Waals surface area contributed by atoms with Gasteiger partial charge < -0.3 is 14.8 Å².